The molecule has 0 saturated carbocycles. The standard InChI is InChI=1S/C21H18N4O2S/c26-20(23-11-12-27-17-6-2-1-3-7-17)19-14-28-21(25-19)24-16-8-9-18-15(13-16)5-4-10-22-18/h1-10,13-14H,11-12H2,(H,23,26)(H,24,25). The smallest absolute Gasteiger partial charge is 0.270 e. The molecule has 0 spiro atoms. The fraction of sp³-hybridized carbons (Fsp3) is 0.0952. The molecule has 0 saturated heterocycles. The highest BCUT2D eigenvalue weighted by Crippen LogP contribution is 2.23. The van der Waals surface area contributed by atoms with Crippen molar-refractivity contribution >= 4 is 39.0 Å². The van der Waals surface area contributed by atoms with E-state index in [0.29, 0.717) is 24.0 Å². The summed E-state index contributed by atoms with van der Waals surface area (Å²) in [5.41, 5.74) is 2.22. The van der Waals surface area contributed by atoms with Crippen LogP contribution in [0.1, 0.15) is 10.5 Å². The van der Waals surface area contributed by atoms with Crippen LogP contribution in [0.15, 0.2) is 72.2 Å². The van der Waals surface area contributed by atoms with Crippen molar-refractivity contribution in [2.45, 2.75) is 0 Å². The Bertz CT molecular complexity index is 1080. The molecule has 0 aliphatic rings. The number of ether oxygens (including phenoxy) is 1. The normalized spacial score (nSPS) is 10.6. The number of aromatic nitrogens is 2. The highest BCUT2D eigenvalue weighted by molar-refractivity contribution is 7.14. The second kappa shape index (κ2) is 8.49. The summed E-state index contributed by atoms with van der Waals surface area (Å²) in [6, 6.07) is 19.3. The van der Waals surface area contributed by atoms with Gasteiger partial charge in [-0.3, -0.25) is 9.78 Å². The van der Waals surface area contributed by atoms with Crippen LogP contribution >= 0.6 is 11.3 Å². The number of nitrogens with one attached hydrogen (secondary N) is 2. The molecule has 2 aromatic carbocycles. The zero-order valence-corrected chi connectivity index (χ0v) is 15.8. The van der Waals surface area contributed by atoms with Gasteiger partial charge in [-0.25, -0.2) is 4.98 Å². The molecule has 0 unspecified atom stereocenters. The SMILES string of the molecule is O=C(NCCOc1ccccc1)c1csc(Nc2ccc3ncccc3c2)n1. The minimum absolute atomic E-state index is 0.219. The fourth-order valence-corrected chi connectivity index (χ4v) is 3.36. The van der Waals surface area contributed by atoms with Crippen molar-refractivity contribution in [2.75, 3.05) is 18.5 Å². The Kier molecular flexibility index (Phi) is 5.44. The number of amides is 1. The maximum atomic E-state index is 12.2. The molecule has 140 valence electrons. The Hall–Kier alpha value is -3.45. The van der Waals surface area contributed by atoms with Crippen LogP contribution in [0, 0.1) is 0 Å². The van der Waals surface area contributed by atoms with Gasteiger partial charge in [0.2, 0.25) is 0 Å². The van der Waals surface area contributed by atoms with Crippen molar-refractivity contribution in [1.29, 1.82) is 0 Å². The first-order valence-electron chi connectivity index (χ1n) is 8.81. The topological polar surface area (TPSA) is 76.1 Å². The van der Waals surface area contributed by atoms with Gasteiger partial charge in [-0.05, 0) is 36.4 Å². The van der Waals surface area contributed by atoms with Gasteiger partial charge in [-0.2, -0.15) is 0 Å². The van der Waals surface area contributed by atoms with Gasteiger partial charge in [-0.1, -0.05) is 24.3 Å². The molecule has 2 aromatic heterocycles. The molecule has 0 fully saturated rings. The van der Waals surface area contributed by atoms with Crippen LogP contribution in [-0.2, 0) is 0 Å². The highest BCUT2D eigenvalue weighted by atomic mass is 32.1. The van der Waals surface area contributed by atoms with Gasteiger partial charge >= 0.3 is 0 Å². The predicted octanol–water partition coefficient (Wildman–Crippen LogP) is 4.24. The van der Waals surface area contributed by atoms with Crippen LogP contribution in [0.3, 0.4) is 0 Å². The van der Waals surface area contributed by atoms with E-state index in [-0.39, 0.29) is 5.91 Å². The minimum Gasteiger partial charge on any atom is -0.492 e. The van der Waals surface area contributed by atoms with E-state index in [0.717, 1.165) is 22.3 Å². The minimum atomic E-state index is -0.219. The predicted molar refractivity (Wildman–Crippen MR) is 111 cm³/mol. The van der Waals surface area contributed by atoms with Crippen molar-refractivity contribution in [1.82, 2.24) is 15.3 Å². The van der Waals surface area contributed by atoms with Crippen molar-refractivity contribution < 1.29 is 9.53 Å². The van der Waals surface area contributed by atoms with E-state index in [4.69, 9.17) is 4.74 Å². The van der Waals surface area contributed by atoms with Gasteiger partial charge in [0.05, 0.1) is 12.1 Å². The van der Waals surface area contributed by atoms with Gasteiger partial charge in [0.1, 0.15) is 18.1 Å². The zero-order chi connectivity index (χ0) is 19.2. The lowest BCUT2D eigenvalue weighted by Crippen LogP contribution is -2.28. The Morgan fingerprint density at radius 2 is 1.96 bits per heavy atom. The quantitative estimate of drug-likeness (QED) is 0.462. The summed E-state index contributed by atoms with van der Waals surface area (Å²) in [5.74, 6) is 0.561. The lowest BCUT2D eigenvalue weighted by molar-refractivity contribution is 0.0943. The van der Waals surface area contributed by atoms with E-state index in [1.807, 2.05) is 60.7 Å². The third-order valence-electron chi connectivity index (χ3n) is 3.99. The second-order valence-electron chi connectivity index (χ2n) is 5.99. The molecule has 4 aromatic rings. The number of rotatable bonds is 7. The molecule has 0 bridgehead atoms. The molecule has 0 radical (unpaired) electrons. The van der Waals surface area contributed by atoms with Gasteiger partial charge in [-0.15, -0.1) is 11.3 Å². The monoisotopic (exact) mass is 390 g/mol. The fourth-order valence-electron chi connectivity index (χ4n) is 2.65. The van der Waals surface area contributed by atoms with Gasteiger partial charge in [0.25, 0.3) is 5.91 Å². The molecule has 2 heterocycles. The Morgan fingerprint density at radius 3 is 2.86 bits per heavy atom. The zero-order valence-electron chi connectivity index (χ0n) is 15.0. The lowest BCUT2D eigenvalue weighted by Gasteiger charge is -2.06. The molecule has 0 atom stereocenters. The van der Waals surface area contributed by atoms with E-state index in [1.165, 1.54) is 11.3 Å². The molecular formula is C21H18N4O2S. The number of benzene rings is 2. The first kappa shape index (κ1) is 17.9. The van der Waals surface area contributed by atoms with Crippen LogP contribution in [0.4, 0.5) is 10.8 Å². The van der Waals surface area contributed by atoms with E-state index >= 15 is 0 Å². The number of pyridine rings is 1. The number of thiazole rings is 1. The van der Waals surface area contributed by atoms with Crippen LogP contribution in [0.2, 0.25) is 0 Å². The lowest BCUT2D eigenvalue weighted by atomic mass is 10.2. The van der Waals surface area contributed by atoms with Crippen molar-refractivity contribution in [2.24, 2.45) is 0 Å². The number of hydrogen-bond acceptors (Lipinski definition) is 6. The molecule has 2 N–H and O–H groups in total. The van der Waals surface area contributed by atoms with E-state index < -0.39 is 0 Å². The largest absolute Gasteiger partial charge is 0.492 e. The number of hydrogen-bond donors (Lipinski definition) is 2. The van der Waals surface area contributed by atoms with Gasteiger partial charge in [0.15, 0.2) is 5.13 Å². The summed E-state index contributed by atoms with van der Waals surface area (Å²) in [7, 11) is 0. The van der Waals surface area contributed by atoms with Crippen LogP contribution in [0.25, 0.3) is 10.9 Å². The van der Waals surface area contributed by atoms with E-state index in [1.54, 1.807) is 11.6 Å². The summed E-state index contributed by atoms with van der Waals surface area (Å²) in [4.78, 5) is 20.9. The van der Waals surface area contributed by atoms with Gasteiger partial charge in [0, 0.05) is 22.7 Å². The summed E-state index contributed by atoms with van der Waals surface area (Å²) in [6.45, 7) is 0.807. The third kappa shape index (κ3) is 4.44. The molecular weight excluding hydrogens is 372 g/mol. The number of para-hydroxylation sites is 1. The first-order valence-corrected chi connectivity index (χ1v) is 9.69. The van der Waals surface area contributed by atoms with Crippen molar-refractivity contribution in [3.8, 4) is 5.75 Å². The summed E-state index contributed by atoms with van der Waals surface area (Å²) in [6.07, 6.45) is 1.77. The van der Waals surface area contributed by atoms with Crippen molar-refractivity contribution in [3.05, 3.63) is 77.9 Å². The van der Waals surface area contributed by atoms with Crippen LogP contribution in [-0.4, -0.2) is 29.0 Å². The summed E-state index contributed by atoms with van der Waals surface area (Å²) >= 11 is 1.38. The first-order chi connectivity index (χ1) is 13.8. The maximum Gasteiger partial charge on any atom is 0.270 e. The van der Waals surface area contributed by atoms with Gasteiger partial charge < -0.3 is 15.4 Å². The average Bonchev–Trinajstić information content (AvgIpc) is 3.20. The average molecular weight is 390 g/mol. The highest BCUT2D eigenvalue weighted by Gasteiger charge is 2.10. The molecule has 0 aliphatic heterocycles. The molecule has 0 aliphatic carbocycles. The van der Waals surface area contributed by atoms with Crippen molar-refractivity contribution in [3.63, 3.8) is 0 Å². The second-order valence-corrected chi connectivity index (χ2v) is 6.85. The molecule has 7 heteroatoms. The number of carbonyl (C=O) groups excluding carboxylic acids is 1. The Balaban J connectivity index is 1.31. The number of fused-ring (bicyclic) bond motifs is 1. The summed E-state index contributed by atoms with van der Waals surface area (Å²) < 4.78 is 5.56. The van der Waals surface area contributed by atoms with E-state index in [2.05, 4.69) is 20.6 Å². The Labute approximate surface area is 166 Å². The summed E-state index contributed by atoms with van der Waals surface area (Å²) in [5, 5.41) is 9.49. The molecule has 6 nitrogen and oxygen atoms in total. The van der Waals surface area contributed by atoms with Crippen LogP contribution < -0.4 is 15.4 Å². The number of carbonyl (C=O) groups is 1. The number of nitrogens with zero attached hydrogens (tertiary/aromatic N) is 2. The molecule has 1 amide bonds. The van der Waals surface area contributed by atoms with E-state index in [9.17, 15) is 4.79 Å². The number of anilines is 2. The molecule has 28 heavy (non-hydrogen) atoms. The molecule has 4 rings (SSSR count). The maximum absolute atomic E-state index is 12.2. The third-order valence-corrected chi connectivity index (χ3v) is 4.75. The van der Waals surface area contributed by atoms with Crippen LogP contribution in [0.5, 0.6) is 5.75 Å². The Morgan fingerprint density at radius 1 is 1.07 bits per heavy atom.